The molecule has 0 unspecified atom stereocenters. The molecule has 0 bridgehead atoms. The molecule has 6 nitrogen and oxygen atoms in total. The zero-order valence-corrected chi connectivity index (χ0v) is 12.9. The Morgan fingerprint density at radius 1 is 1.36 bits per heavy atom. The monoisotopic (exact) mass is 322 g/mol. The van der Waals surface area contributed by atoms with Crippen molar-refractivity contribution >= 4 is 23.5 Å². The Hall–Kier alpha value is -2.34. The third kappa shape index (κ3) is 3.46. The predicted molar refractivity (Wildman–Crippen MR) is 80.7 cm³/mol. The number of aromatic nitrogens is 1. The molecule has 0 fully saturated rings. The van der Waals surface area contributed by atoms with Gasteiger partial charge in [0.15, 0.2) is 0 Å². The minimum Gasteiger partial charge on any atom is -0.469 e. The van der Waals surface area contributed by atoms with Crippen molar-refractivity contribution in [2.24, 2.45) is 0 Å². The SMILES string of the molecule is COC(=O)CCNC(=O)c1c(-c2ccccc2Cl)noc1C. The van der Waals surface area contributed by atoms with Gasteiger partial charge in [0.05, 0.1) is 18.6 Å². The van der Waals surface area contributed by atoms with E-state index in [0.717, 1.165) is 0 Å². The van der Waals surface area contributed by atoms with Crippen molar-refractivity contribution in [2.75, 3.05) is 13.7 Å². The Balaban J connectivity index is 2.21. The van der Waals surface area contributed by atoms with Crippen LogP contribution < -0.4 is 5.32 Å². The summed E-state index contributed by atoms with van der Waals surface area (Å²) >= 11 is 6.13. The molecule has 0 aliphatic carbocycles. The van der Waals surface area contributed by atoms with Gasteiger partial charge in [-0.2, -0.15) is 0 Å². The molecule has 2 rings (SSSR count). The van der Waals surface area contributed by atoms with Crippen LogP contribution in [0.15, 0.2) is 28.8 Å². The van der Waals surface area contributed by atoms with Gasteiger partial charge in [0.25, 0.3) is 5.91 Å². The van der Waals surface area contributed by atoms with E-state index in [4.69, 9.17) is 16.1 Å². The number of nitrogens with one attached hydrogen (secondary N) is 1. The van der Waals surface area contributed by atoms with E-state index in [1.807, 2.05) is 0 Å². The average molecular weight is 323 g/mol. The average Bonchev–Trinajstić information content (AvgIpc) is 2.89. The summed E-state index contributed by atoms with van der Waals surface area (Å²) in [5.74, 6) is -0.392. The maximum absolute atomic E-state index is 12.3. The van der Waals surface area contributed by atoms with Crippen molar-refractivity contribution in [3.05, 3.63) is 40.6 Å². The number of hydrogen-bond acceptors (Lipinski definition) is 5. The van der Waals surface area contributed by atoms with E-state index in [9.17, 15) is 9.59 Å². The van der Waals surface area contributed by atoms with Crippen molar-refractivity contribution in [3.63, 3.8) is 0 Å². The van der Waals surface area contributed by atoms with Crippen molar-refractivity contribution in [3.8, 4) is 11.3 Å². The highest BCUT2D eigenvalue weighted by molar-refractivity contribution is 6.33. The first kappa shape index (κ1) is 16.0. The number of hydrogen-bond donors (Lipinski definition) is 1. The molecule has 7 heteroatoms. The molecule has 1 heterocycles. The number of amides is 1. The molecule has 0 atom stereocenters. The van der Waals surface area contributed by atoms with E-state index in [0.29, 0.717) is 27.6 Å². The minimum absolute atomic E-state index is 0.0913. The van der Waals surface area contributed by atoms with Gasteiger partial charge in [-0.3, -0.25) is 9.59 Å². The topological polar surface area (TPSA) is 81.4 Å². The van der Waals surface area contributed by atoms with Crippen LogP contribution in [0.5, 0.6) is 0 Å². The van der Waals surface area contributed by atoms with Crippen LogP contribution in [0, 0.1) is 6.92 Å². The number of ether oxygens (including phenoxy) is 1. The second-order valence-corrected chi connectivity index (χ2v) is 4.93. The molecule has 0 saturated carbocycles. The standard InChI is InChI=1S/C15H15ClN2O4/c1-9-13(15(20)17-8-7-12(19)21-2)14(18-22-9)10-5-3-4-6-11(10)16/h3-6H,7-8H2,1-2H3,(H,17,20). The molecule has 1 aromatic heterocycles. The summed E-state index contributed by atoms with van der Waals surface area (Å²) in [6.07, 6.45) is 0.0913. The number of carbonyl (C=O) groups is 2. The predicted octanol–water partition coefficient (Wildman–Crippen LogP) is 2.60. The van der Waals surface area contributed by atoms with E-state index in [-0.39, 0.29) is 18.9 Å². The van der Waals surface area contributed by atoms with Crippen LogP contribution >= 0.6 is 11.6 Å². The summed E-state index contributed by atoms with van der Waals surface area (Å²) in [6.45, 7) is 1.81. The van der Waals surface area contributed by atoms with Crippen LogP contribution in [0.1, 0.15) is 22.5 Å². The quantitative estimate of drug-likeness (QED) is 0.856. The largest absolute Gasteiger partial charge is 0.469 e. The zero-order chi connectivity index (χ0) is 16.1. The second-order valence-electron chi connectivity index (χ2n) is 4.52. The van der Waals surface area contributed by atoms with Gasteiger partial charge in [0, 0.05) is 12.1 Å². The van der Waals surface area contributed by atoms with Gasteiger partial charge < -0.3 is 14.6 Å². The molecule has 0 radical (unpaired) electrons. The minimum atomic E-state index is -0.395. The fourth-order valence-corrected chi connectivity index (χ4v) is 2.17. The Labute approximate surface area is 132 Å². The van der Waals surface area contributed by atoms with E-state index in [1.165, 1.54) is 7.11 Å². The highest BCUT2D eigenvalue weighted by Crippen LogP contribution is 2.30. The maximum Gasteiger partial charge on any atom is 0.307 e. The number of benzene rings is 1. The first-order valence-corrected chi connectivity index (χ1v) is 6.98. The van der Waals surface area contributed by atoms with Crippen molar-refractivity contribution in [2.45, 2.75) is 13.3 Å². The first-order valence-electron chi connectivity index (χ1n) is 6.60. The molecule has 1 amide bonds. The maximum atomic E-state index is 12.3. The van der Waals surface area contributed by atoms with Crippen molar-refractivity contribution in [1.82, 2.24) is 10.5 Å². The lowest BCUT2D eigenvalue weighted by Gasteiger charge is -2.06. The van der Waals surface area contributed by atoms with Gasteiger partial charge in [-0.1, -0.05) is 35.0 Å². The Bertz CT molecular complexity index is 697. The molecule has 1 N–H and O–H groups in total. The van der Waals surface area contributed by atoms with E-state index in [1.54, 1.807) is 31.2 Å². The number of halogens is 1. The Kier molecular flexibility index (Phi) is 5.16. The number of methoxy groups -OCH3 is 1. The normalized spacial score (nSPS) is 10.3. The summed E-state index contributed by atoms with van der Waals surface area (Å²) in [4.78, 5) is 23.4. The second kappa shape index (κ2) is 7.09. The highest BCUT2D eigenvalue weighted by atomic mass is 35.5. The molecule has 1 aromatic carbocycles. The summed E-state index contributed by atoms with van der Waals surface area (Å²) < 4.78 is 9.63. The van der Waals surface area contributed by atoms with Crippen molar-refractivity contribution < 1.29 is 18.8 Å². The third-order valence-corrected chi connectivity index (χ3v) is 3.39. The van der Waals surface area contributed by atoms with Crippen molar-refractivity contribution in [1.29, 1.82) is 0 Å². The fourth-order valence-electron chi connectivity index (χ4n) is 1.95. The number of rotatable bonds is 5. The van der Waals surface area contributed by atoms with Crippen LogP contribution in [-0.4, -0.2) is 30.7 Å². The highest BCUT2D eigenvalue weighted by Gasteiger charge is 2.22. The molecule has 0 aliphatic rings. The van der Waals surface area contributed by atoms with Gasteiger partial charge >= 0.3 is 5.97 Å². The third-order valence-electron chi connectivity index (χ3n) is 3.06. The molecule has 22 heavy (non-hydrogen) atoms. The summed E-state index contributed by atoms with van der Waals surface area (Å²) in [6, 6.07) is 7.05. The van der Waals surface area contributed by atoms with Crippen LogP contribution in [0.3, 0.4) is 0 Å². The van der Waals surface area contributed by atoms with Gasteiger partial charge in [-0.25, -0.2) is 0 Å². The van der Waals surface area contributed by atoms with E-state index < -0.39 is 5.97 Å². The van der Waals surface area contributed by atoms with Gasteiger partial charge in [-0.15, -0.1) is 0 Å². The Morgan fingerprint density at radius 3 is 2.77 bits per heavy atom. The van der Waals surface area contributed by atoms with Crippen LogP contribution in [0.25, 0.3) is 11.3 Å². The fraction of sp³-hybridized carbons (Fsp3) is 0.267. The lowest BCUT2D eigenvalue weighted by atomic mass is 10.1. The molecule has 0 aliphatic heterocycles. The molecular weight excluding hydrogens is 308 g/mol. The first-order chi connectivity index (χ1) is 10.5. The Morgan fingerprint density at radius 2 is 2.09 bits per heavy atom. The van der Waals surface area contributed by atoms with E-state index in [2.05, 4.69) is 15.2 Å². The number of nitrogens with zero attached hydrogens (tertiary/aromatic N) is 1. The molecule has 0 spiro atoms. The summed E-state index contributed by atoms with van der Waals surface area (Å²) in [5, 5.41) is 7.02. The number of carbonyl (C=O) groups excluding carboxylic acids is 2. The smallest absolute Gasteiger partial charge is 0.307 e. The van der Waals surface area contributed by atoms with Gasteiger partial charge in [0.2, 0.25) is 0 Å². The number of aryl methyl sites for hydroxylation is 1. The molecule has 0 saturated heterocycles. The van der Waals surface area contributed by atoms with Gasteiger partial charge in [-0.05, 0) is 13.0 Å². The molecule has 116 valence electrons. The molecular formula is C15H15ClN2O4. The van der Waals surface area contributed by atoms with Crippen LogP contribution in [-0.2, 0) is 9.53 Å². The van der Waals surface area contributed by atoms with E-state index >= 15 is 0 Å². The summed E-state index contributed by atoms with van der Waals surface area (Å²) in [5.41, 5.74) is 1.29. The zero-order valence-electron chi connectivity index (χ0n) is 12.2. The lowest BCUT2D eigenvalue weighted by molar-refractivity contribution is -0.140. The van der Waals surface area contributed by atoms with Gasteiger partial charge in [0.1, 0.15) is 17.0 Å². The van der Waals surface area contributed by atoms with Crippen LogP contribution in [0.2, 0.25) is 5.02 Å². The summed E-state index contributed by atoms with van der Waals surface area (Å²) in [7, 11) is 1.30. The lowest BCUT2D eigenvalue weighted by Crippen LogP contribution is -2.27. The molecule has 2 aromatic rings. The van der Waals surface area contributed by atoms with Crippen LogP contribution in [0.4, 0.5) is 0 Å². The number of esters is 1.